The average Bonchev–Trinajstić information content (AvgIpc) is 2.80. The number of imidazole rings is 1. The predicted octanol–water partition coefficient (Wildman–Crippen LogP) is 3.74. The molecule has 1 aromatic heterocycles. The van der Waals surface area contributed by atoms with Gasteiger partial charge < -0.3 is 15.0 Å². The molecular formula is C16H29N3O2. The molecule has 0 aliphatic rings. The summed E-state index contributed by atoms with van der Waals surface area (Å²) in [6.45, 7) is 8.48. The van der Waals surface area contributed by atoms with Crippen LogP contribution in [0.4, 0.5) is 5.82 Å². The fraction of sp³-hybridized carbons (Fsp3) is 0.750. The van der Waals surface area contributed by atoms with E-state index >= 15 is 0 Å². The van der Waals surface area contributed by atoms with Crippen molar-refractivity contribution in [2.24, 2.45) is 0 Å². The number of unbranched alkanes of at least 4 members (excludes halogenated alkanes) is 3. The van der Waals surface area contributed by atoms with Crippen LogP contribution in [0.1, 0.15) is 82.2 Å². The molecule has 1 heterocycles. The number of carbonyl (C=O) groups is 1. The molecule has 0 saturated carbocycles. The molecule has 2 N–H and O–H groups in total. The van der Waals surface area contributed by atoms with Crippen molar-refractivity contribution in [3.63, 3.8) is 0 Å². The topological polar surface area (TPSA) is 70.1 Å². The van der Waals surface area contributed by atoms with Crippen LogP contribution >= 0.6 is 0 Å². The van der Waals surface area contributed by atoms with Crippen molar-refractivity contribution in [1.82, 2.24) is 9.55 Å². The molecule has 0 radical (unpaired) electrons. The first-order valence-corrected chi connectivity index (χ1v) is 8.10. The third-order valence-corrected chi connectivity index (χ3v) is 3.72. The van der Waals surface area contributed by atoms with Gasteiger partial charge in [0.1, 0.15) is 11.6 Å². The van der Waals surface area contributed by atoms with Crippen molar-refractivity contribution in [1.29, 1.82) is 0 Å². The first-order valence-electron chi connectivity index (χ1n) is 8.10. The molecule has 0 aromatic carbocycles. The maximum atomic E-state index is 11.9. The maximum Gasteiger partial charge on any atom is 0.360 e. The summed E-state index contributed by atoms with van der Waals surface area (Å²) in [4.78, 5) is 16.3. The van der Waals surface area contributed by atoms with E-state index in [9.17, 15) is 4.79 Å². The molecule has 0 spiro atoms. The molecule has 0 bridgehead atoms. The van der Waals surface area contributed by atoms with Crippen molar-refractivity contribution in [2.75, 3.05) is 12.3 Å². The SMILES string of the molecule is CCCCCCC(C)n1c(CC)nc(C(=O)OCC)c1N. The highest BCUT2D eigenvalue weighted by atomic mass is 16.5. The Kier molecular flexibility index (Phi) is 7.26. The van der Waals surface area contributed by atoms with Gasteiger partial charge in [0, 0.05) is 12.5 Å². The number of esters is 1. The van der Waals surface area contributed by atoms with Crippen LogP contribution in [0.15, 0.2) is 0 Å². The zero-order chi connectivity index (χ0) is 15.8. The number of hydrogen-bond acceptors (Lipinski definition) is 4. The summed E-state index contributed by atoms with van der Waals surface area (Å²) < 4.78 is 7.02. The highest BCUT2D eigenvalue weighted by molar-refractivity contribution is 5.92. The predicted molar refractivity (Wildman–Crippen MR) is 85.4 cm³/mol. The van der Waals surface area contributed by atoms with Gasteiger partial charge in [-0.3, -0.25) is 0 Å². The van der Waals surface area contributed by atoms with Gasteiger partial charge in [0.25, 0.3) is 0 Å². The summed E-state index contributed by atoms with van der Waals surface area (Å²) in [7, 11) is 0. The van der Waals surface area contributed by atoms with Crippen molar-refractivity contribution < 1.29 is 9.53 Å². The van der Waals surface area contributed by atoms with E-state index in [4.69, 9.17) is 10.5 Å². The van der Waals surface area contributed by atoms with Crippen LogP contribution in [0, 0.1) is 0 Å². The van der Waals surface area contributed by atoms with E-state index < -0.39 is 5.97 Å². The number of hydrogen-bond donors (Lipinski definition) is 1. The van der Waals surface area contributed by atoms with Gasteiger partial charge in [-0.1, -0.05) is 39.5 Å². The normalized spacial score (nSPS) is 12.4. The first-order chi connectivity index (χ1) is 10.1. The van der Waals surface area contributed by atoms with Gasteiger partial charge in [0.05, 0.1) is 6.61 Å². The zero-order valence-corrected chi connectivity index (χ0v) is 13.8. The number of carbonyl (C=O) groups excluding carboxylic acids is 1. The summed E-state index contributed by atoms with van der Waals surface area (Å²) in [5.41, 5.74) is 6.40. The van der Waals surface area contributed by atoms with Crippen molar-refractivity contribution in [3.05, 3.63) is 11.5 Å². The fourth-order valence-corrected chi connectivity index (χ4v) is 2.58. The number of ether oxygens (including phenoxy) is 1. The molecule has 5 heteroatoms. The highest BCUT2D eigenvalue weighted by Gasteiger charge is 2.23. The van der Waals surface area contributed by atoms with E-state index in [2.05, 4.69) is 18.8 Å². The number of anilines is 1. The van der Waals surface area contributed by atoms with Crippen LogP contribution in [0.5, 0.6) is 0 Å². The largest absolute Gasteiger partial charge is 0.461 e. The van der Waals surface area contributed by atoms with Gasteiger partial charge in [-0.15, -0.1) is 0 Å². The second-order valence-corrected chi connectivity index (χ2v) is 5.40. The summed E-state index contributed by atoms with van der Waals surface area (Å²) >= 11 is 0. The lowest BCUT2D eigenvalue weighted by Gasteiger charge is -2.17. The molecule has 0 saturated heterocycles. The summed E-state index contributed by atoms with van der Waals surface area (Å²) in [5, 5.41) is 0. The smallest absolute Gasteiger partial charge is 0.360 e. The maximum absolute atomic E-state index is 11.9. The molecular weight excluding hydrogens is 266 g/mol. The molecule has 1 rings (SSSR count). The van der Waals surface area contributed by atoms with E-state index in [0.717, 1.165) is 18.7 Å². The zero-order valence-electron chi connectivity index (χ0n) is 13.8. The molecule has 1 unspecified atom stereocenters. The van der Waals surface area contributed by atoms with Crippen LogP contribution < -0.4 is 5.73 Å². The standard InChI is InChI=1S/C16H29N3O2/c1-5-8-9-10-11-12(4)19-13(6-2)18-14(15(19)17)16(20)21-7-3/h12H,5-11,17H2,1-4H3. The Balaban J connectivity index is 2.87. The summed E-state index contributed by atoms with van der Waals surface area (Å²) in [5.74, 6) is 0.869. The van der Waals surface area contributed by atoms with E-state index in [0.29, 0.717) is 12.4 Å². The molecule has 120 valence electrons. The van der Waals surface area contributed by atoms with Crippen molar-refractivity contribution >= 4 is 11.8 Å². The number of nitrogens with zero attached hydrogens (tertiary/aromatic N) is 2. The Bertz CT molecular complexity index is 455. The van der Waals surface area contributed by atoms with Crippen molar-refractivity contribution in [2.45, 2.75) is 72.3 Å². The van der Waals surface area contributed by atoms with Gasteiger partial charge in [-0.25, -0.2) is 9.78 Å². The van der Waals surface area contributed by atoms with Crippen LogP contribution in [-0.2, 0) is 11.2 Å². The molecule has 1 atom stereocenters. The van der Waals surface area contributed by atoms with Crippen LogP contribution in [0.25, 0.3) is 0 Å². The van der Waals surface area contributed by atoms with Crippen LogP contribution in [0.2, 0.25) is 0 Å². The molecule has 0 aliphatic heterocycles. The number of nitrogens with two attached hydrogens (primary N) is 1. The fourth-order valence-electron chi connectivity index (χ4n) is 2.58. The Morgan fingerprint density at radius 1 is 1.29 bits per heavy atom. The summed E-state index contributed by atoms with van der Waals surface area (Å²) in [6.07, 6.45) is 6.71. The van der Waals surface area contributed by atoms with Gasteiger partial charge in [-0.05, 0) is 20.3 Å². The van der Waals surface area contributed by atoms with Gasteiger partial charge in [0.2, 0.25) is 0 Å². The molecule has 5 nitrogen and oxygen atoms in total. The number of nitrogen functional groups attached to an aromatic ring is 1. The lowest BCUT2D eigenvalue weighted by molar-refractivity contribution is 0.0521. The Morgan fingerprint density at radius 3 is 2.57 bits per heavy atom. The minimum Gasteiger partial charge on any atom is -0.461 e. The van der Waals surface area contributed by atoms with E-state index in [1.807, 2.05) is 11.5 Å². The average molecular weight is 295 g/mol. The first kappa shape index (κ1) is 17.5. The minimum atomic E-state index is -0.429. The second kappa shape index (κ2) is 8.70. The number of aromatic nitrogens is 2. The number of aryl methyl sites for hydroxylation is 1. The van der Waals surface area contributed by atoms with Gasteiger partial charge in [-0.2, -0.15) is 0 Å². The Labute approximate surface area is 127 Å². The Hall–Kier alpha value is -1.52. The van der Waals surface area contributed by atoms with Crippen LogP contribution in [0.3, 0.4) is 0 Å². The third-order valence-electron chi connectivity index (χ3n) is 3.72. The molecule has 0 fully saturated rings. The monoisotopic (exact) mass is 295 g/mol. The lowest BCUT2D eigenvalue weighted by atomic mass is 10.1. The van der Waals surface area contributed by atoms with Crippen molar-refractivity contribution in [3.8, 4) is 0 Å². The second-order valence-electron chi connectivity index (χ2n) is 5.40. The quantitative estimate of drug-likeness (QED) is 0.556. The van der Waals surface area contributed by atoms with Gasteiger partial charge in [0.15, 0.2) is 5.69 Å². The highest BCUT2D eigenvalue weighted by Crippen LogP contribution is 2.25. The van der Waals surface area contributed by atoms with E-state index in [1.54, 1.807) is 6.92 Å². The lowest BCUT2D eigenvalue weighted by Crippen LogP contribution is -2.13. The third kappa shape index (κ3) is 4.48. The minimum absolute atomic E-state index is 0.257. The summed E-state index contributed by atoms with van der Waals surface area (Å²) in [6, 6.07) is 0.257. The van der Waals surface area contributed by atoms with E-state index in [1.165, 1.54) is 25.7 Å². The molecule has 21 heavy (non-hydrogen) atoms. The van der Waals surface area contributed by atoms with Gasteiger partial charge >= 0.3 is 5.97 Å². The molecule has 0 amide bonds. The number of rotatable bonds is 9. The Morgan fingerprint density at radius 2 is 2.00 bits per heavy atom. The molecule has 1 aromatic rings. The van der Waals surface area contributed by atoms with E-state index in [-0.39, 0.29) is 11.7 Å². The molecule has 0 aliphatic carbocycles. The van der Waals surface area contributed by atoms with Crippen LogP contribution in [-0.4, -0.2) is 22.1 Å².